The average Bonchev–Trinajstić information content (AvgIpc) is 2.18. The molecule has 1 aromatic rings. The van der Waals surface area contributed by atoms with E-state index in [9.17, 15) is 0 Å². The molecule has 0 unspecified atom stereocenters. The largest absolute Gasteiger partial charge is 0.306 e. The maximum absolute atomic E-state index is 2.36. The van der Waals surface area contributed by atoms with E-state index in [4.69, 9.17) is 0 Å². The number of aryl methyl sites for hydroxylation is 2. The molecule has 0 aliphatic heterocycles. The van der Waals surface area contributed by atoms with Crippen LogP contribution in [0.5, 0.6) is 0 Å². The topological polar surface area (TPSA) is 3.24 Å². The van der Waals surface area contributed by atoms with Gasteiger partial charge < -0.3 is 4.90 Å². The number of hydrogen-bond donors (Lipinski definition) is 0. The standard InChI is InChI=1S/C13H19N/c1-10-5-4-6-11-7-8-12(14(2)3)9-13(10)11/h4-6,12H,7-9H2,1-3H3/t12-/m1/s1. The molecule has 0 amide bonds. The lowest BCUT2D eigenvalue weighted by Crippen LogP contribution is -2.33. The van der Waals surface area contributed by atoms with Crippen LogP contribution in [0.1, 0.15) is 23.1 Å². The molecule has 1 aliphatic carbocycles. The predicted molar refractivity (Wildman–Crippen MR) is 60.7 cm³/mol. The smallest absolute Gasteiger partial charge is 0.0133 e. The minimum Gasteiger partial charge on any atom is -0.306 e. The molecule has 0 bridgehead atoms. The minimum absolute atomic E-state index is 0.739. The van der Waals surface area contributed by atoms with Crippen LogP contribution in [0.25, 0.3) is 0 Å². The molecule has 0 aromatic heterocycles. The van der Waals surface area contributed by atoms with Gasteiger partial charge in [0.2, 0.25) is 0 Å². The molecule has 0 radical (unpaired) electrons. The molecule has 1 atom stereocenters. The second-order valence-corrected chi connectivity index (χ2v) is 4.57. The number of likely N-dealkylation sites (N-methyl/N-ethyl adjacent to an activating group) is 1. The molecular weight excluding hydrogens is 170 g/mol. The fourth-order valence-corrected chi connectivity index (χ4v) is 2.39. The Morgan fingerprint density at radius 3 is 2.79 bits per heavy atom. The van der Waals surface area contributed by atoms with Crippen molar-refractivity contribution in [1.82, 2.24) is 4.90 Å². The molecule has 0 heterocycles. The summed E-state index contributed by atoms with van der Waals surface area (Å²) in [5, 5.41) is 0. The van der Waals surface area contributed by atoms with Gasteiger partial charge in [-0.3, -0.25) is 0 Å². The van der Waals surface area contributed by atoms with Crippen molar-refractivity contribution in [2.45, 2.75) is 32.2 Å². The Bertz CT molecular complexity index is 328. The van der Waals surface area contributed by atoms with Gasteiger partial charge in [0.25, 0.3) is 0 Å². The second kappa shape index (κ2) is 3.74. The molecule has 0 saturated heterocycles. The first kappa shape index (κ1) is 9.72. The Hall–Kier alpha value is -0.820. The molecule has 1 nitrogen and oxygen atoms in total. The minimum atomic E-state index is 0.739. The van der Waals surface area contributed by atoms with Crippen LogP contribution in [0.2, 0.25) is 0 Å². The lowest BCUT2D eigenvalue weighted by Gasteiger charge is -2.30. The first-order valence-electron chi connectivity index (χ1n) is 5.42. The van der Waals surface area contributed by atoms with Gasteiger partial charge in [-0.05, 0) is 57.0 Å². The van der Waals surface area contributed by atoms with Gasteiger partial charge in [-0.2, -0.15) is 0 Å². The molecular formula is C13H19N. The van der Waals surface area contributed by atoms with Crippen LogP contribution in [0.3, 0.4) is 0 Å². The lowest BCUT2D eigenvalue weighted by molar-refractivity contribution is 0.268. The summed E-state index contributed by atoms with van der Waals surface area (Å²) < 4.78 is 0. The highest BCUT2D eigenvalue weighted by Gasteiger charge is 2.20. The van der Waals surface area contributed by atoms with Crippen molar-refractivity contribution in [2.24, 2.45) is 0 Å². The molecule has 76 valence electrons. The van der Waals surface area contributed by atoms with Gasteiger partial charge in [-0.25, -0.2) is 0 Å². The third-order valence-corrected chi connectivity index (χ3v) is 3.42. The first-order chi connectivity index (χ1) is 6.68. The molecule has 0 spiro atoms. The Kier molecular flexibility index (Phi) is 2.60. The molecule has 1 heteroatoms. The molecule has 0 fully saturated rings. The highest BCUT2D eigenvalue weighted by atomic mass is 15.1. The monoisotopic (exact) mass is 189 g/mol. The Morgan fingerprint density at radius 2 is 2.07 bits per heavy atom. The summed E-state index contributed by atoms with van der Waals surface area (Å²) in [6.07, 6.45) is 3.79. The number of fused-ring (bicyclic) bond motifs is 1. The van der Waals surface area contributed by atoms with Crippen LogP contribution < -0.4 is 0 Å². The fourth-order valence-electron chi connectivity index (χ4n) is 2.39. The number of rotatable bonds is 1. The predicted octanol–water partition coefficient (Wildman–Crippen LogP) is 2.41. The molecule has 2 rings (SSSR count). The van der Waals surface area contributed by atoms with Crippen LogP contribution in [0.15, 0.2) is 18.2 Å². The van der Waals surface area contributed by atoms with Gasteiger partial charge in [-0.15, -0.1) is 0 Å². The molecule has 0 N–H and O–H groups in total. The second-order valence-electron chi connectivity index (χ2n) is 4.57. The zero-order valence-corrected chi connectivity index (χ0v) is 9.38. The van der Waals surface area contributed by atoms with E-state index < -0.39 is 0 Å². The third kappa shape index (κ3) is 1.69. The van der Waals surface area contributed by atoms with Crippen LogP contribution in [0.4, 0.5) is 0 Å². The zero-order chi connectivity index (χ0) is 10.1. The van der Waals surface area contributed by atoms with Crippen molar-refractivity contribution in [3.8, 4) is 0 Å². The van der Waals surface area contributed by atoms with Crippen molar-refractivity contribution in [3.63, 3.8) is 0 Å². The normalized spacial score (nSPS) is 21.0. The third-order valence-electron chi connectivity index (χ3n) is 3.42. The Balaban J connectivity index is 2.29. The number of hydrogen-bond acceptors (Lipinski definition) is 1. The summed E-state index contributed by atoms with van der Waals surface area (Å²) in [4.78, 5) is 2.36. The van der Waals surface area contributed by atoms with Crippen LogP contribution in [-0.4, -0.2) is 25.0 Å². The Morgan fingerprint density at radius 1 is 1.29 bits per heavy atom. The molecule has 1 aliphatic rings. The van der Waals surface area contributed by atoms with Crippen LogP contribution in [-0.2, 0) is 12.8 Å². The van der Waals surface area contributed by atoms with Crippen LogP contribution >= 0.6 is 0 Å². The van der Waals surface area contributed by atoms with E-state index in [0.29, 0.717) is 0 Å². The number of benzene rings is 1. The van der Waals surface area contributed by atoms with Gasteiger partial charge in [0.05, 0.1) is 0 Å². The van der Waals surface area contributed by atoms with E-state index >= 15 is 0 Å². The van der Waals surface area contributed by atoms with Crippen molar-refractivity contribution in [2.75, 3.05) is 14.1 Å². The average molecular weight is 189 g/mol. The lowest BCUT2D eigenvalue weighted by atomic mass is 9.85. The van der Waals surface area contributed by atoms with E-state index in [0.717, 1.165) is 6.04 Å². The summed E-state index contributed by atoms with van der Waals surface area (Å²) in [7, 11) is 4.38. The first-order valence-corrected chi connectivity index (χ1v) is 5.42. The highest BCUT2D eigenvalue weighted by molar-refractivity contribution is 5.37. The van der Waals surface area contributed by atoms with Crippen molar-refractivity contribution in [3.05, 3.63) is 34.9 Å². The maximum atomic E-state index is 2.36. The zero-order valence-electron chi connectivity index (χ0n) is 9.38. The van der Waals surface area contributed by atoms with E-state index in [1.54, 1.807) is 11.1 Å². The maximum Gasteiger partial charge on any atom is 0.0133 e. The van der Waals surface area contributed by atoms with Crippen molar-refractivity contribution >= 4 is 0 Å². The summed E-state index contributed by atoms with van der Waals surface area (Å²) in [5.41, 5.74) is 4.63. The van der Waals surface area contributed by atoms with Crippen LogP contribution in [0, 0.1) is 6.92 Å². The summed E-state index contributed by atoms with van der Waals surface area (Å²) >= 11 is 0. The SMILES string of the molecule is Cc1cccc2c1C[C@H](N(C)C)CC2. The summed E-state index contributed by atoms with van der Waals surface area (Å²) in [6, 6.07) is 7.44. The molecule has 14 heavy (non-hydrogen) atoms. The molecule has 0 saturated carbocycles. The van der Waals surface area contributed by atoms with Gasteiger partial charge in [0.1, 0.15) is 0 Å². The van der Waals surface area contributed by atoms with E-state index in [2.05, 4.69) is 44.1 Å². The number of nitrogens with zero attached hydrogens (tertiary/aromatic N) is 1. The van der Waals surface area contributed by atoms with Gasteiger partial charge >= 0.3 is 0 Å². The van der Waals surface area contributed by atoms with Crippen molar-refractivity contribution < 1.29 is 0 Å². The van der Waals surface area contributed by atoms with Gasteiger partial charge in [0.15, 0.2) is 0 Å². The van der Waals surface area contributed by atoms with Gasteiger partial charge in [-0.1, -0.05) is 18.2 Å². The van der Waals surface area contributed by atoms with E-state index in [1.807, 2.05) is 0 Å². The van der Waals surface area contributed by atoms with E-state index in [-0.39, 0.29) is 0 Å². The van der Waals surface area contributed by atoms with Crippen molar-refractivity contribution in [1.29, 1.82) is 0 Å². The fraction of sp³-hybridized carbons (Fsp3) is 0.538. The summed E-state index contributed by atoms with van der Waals surface area (Å²) in [5.74, 6) is 0. The van der Waals surface area contributed by atoms with E-state index in [1.165, 1.54) is 24.8 Å². The Labute approximate surface area is 86.7 Å². The quantitative estimate of drug-likeness (QED) is 0.656. The molecule has 1 aromatic carbocycles. The summed E-state index contributed by atoms with van der Waals surface area (Å²) in [6.45, 7) is 2.23. The van der Waals surface area contributed by atoms with Gasteiger partial charge in [0, 0.05) is 6.04 Å². The highest BCUT2D eigenvalue weighted by Crippen LogP contribution is 2.25.